The number of nitrogens with zero attached hydrogens (tertiary/aromatic N) is 1. The van der Waals surface area contributed by atoms with E-state index in [4.69, 9.17) is 11.6 Å². The Morgan fingerprint density at radius 2 is 1.92 bits per heavy atom. The highest BCUT2D eigenvalue weighted by Crippen LogP contribution is 2.30. The van der Waals surface area contributed by atoms with Crippen LogP contribution in [-0.2, 0) is 11.3 Å². The normalized spacial score (nSPS) is 17.0. The Bertz CT molecular complexity index is 841. The van der Waals surface area contributed by atoms with Gasteiger partial charge < -0.3 is 15.2 Å². The molecule has 0 aliphatic carbocycles. The summed E-state index contributed by atoms with van der Waals surface area (Å²) >= 11 is 6.70. The molecule has 0 unspecified atom stereocenters. The highest BCUT2D eigenvalue weighted by molar-refractivity contribution is 8.15. The monoisotopic (exact) mass is 375 g/mol. The summed E-state index contributed by atoms with van der Waals surface area (Å²) < 4.78 is 0. The van der Waals surface area contributed by atoms with Gasteiger partial charge >= 0.3 is 0 Å². The van der Waals surface area contributed by atoms with Gasteiger partial charge in [0.2, 0.25) is 0 Å². The van der Waals surface area contributed by atoms with Crippen molar-refractivity contribution in [2.24, 2.45) is 0 Å². The predicted octanol–water partition coefficient (Wildman–Crippen LogP) is 2.34. The van der Waals surface area contributed by atoms with Crippen LogP contribution in [0.2, 0.25) is 5.02 Å². The average molecular weight is 376 g/mol. The van der Waals surface area contributed by atoms with E-state index in [0.29, 0.717) is 16.3 Å². The van der Waals surface area contributed by atoms with Crippen LogP contribution in [0.3, 0.4) is 0 Å². The number of rotatable bonds is 5. The molecular weight excluding hydrogens is 364 g/mol. The van der Waals surface area contributed by atoms with Gasteiger partial charge in [0.05, 0.1) is 12.5 Å². The number of amides is 2. The number of carboxylic acids is 1. The van der Waals surface area contributed by atoms with Crippen LogP contribution in [0.5, 0.6) is 0 Å². The predicted molar refractivity (Wildman–Crippen MR) is 93.2 cm³/mol. The van der Waals surface area contributed by atoms with Crippen molar-refractivity contribution in [3.63, 3.8) is 0 Å². The molecule has 6 nitrogen and oxygen atoms in total. The van der Waals surface area contributed by atoms with E-state index in [-0.39, 0.29) is 18.0 Å². The lowest BCUT2D eigenvalue weighted by molar-refractivity contribution is -0.255. The molecule has 0 radical (unpaired) electrons. The zero-order valence-corrected chi connectivity index (χ0v) is 14.3. The Balaban J connectivity index is 1.72. The number of imide groups is 1. The number of anilines is 1. The molecule has 128 valence electrons. The molecule has 0 aromatic heterocycles. The van der Waals surface area contributed by atoms with Crippen molar-refractivity contribution in [1.82, 2.24) is 4.90 Å². The summed E-state index contributed by atoms with van der Waals surface area (Å²) in [5.41, 5.74) is 1.21. The van der Waals surface area contributed by atoms with Crippen molar-refractivity contribution in [2.45, 2.75) is 11.9 Å². The van der Waals surface area contributed by atoms with Crippen LogP contribution in [0.25, 0.3) is 0 Å². The first-order valence-electron chi connectivity index (χ1n) is 7.28. The molecule has 1 N–H and O–H groups in total. The van der Waals surface area contributed by atoms with E-state index in [1.807, 2.05) is 0 Å². The Kier molecular flexibility index (Phi) is 4.96. The second-order valence-corrected chi connectivity index (χ2v) is 6.82. The van der Waals surface area contributed by atoms with E-state index in [2.05, 4.69) is 5.32 Å². The molecule has 3 rings (SSSR count). The van der Waals surface area contributed by atoms with Gasteiger partial charge in [-0.3, -0.25) is 14.5 Å². The van der Waals surface area contributed by atoms with Crippen molar-refractivity contribution in [2.75, 3.05) is 5.32 Å². The summed E-state index contributed by atoms with van der Waals surface area (Å²) in [5.74, 6) is -1.69. The van der Waals surface area contributed by atoms with Crippen molar-refractivity contribution < 1.29 is 19.5 Å². The topological polar surface area (TPSA) is 89.5 Å². The third-order valence-electron chi connectivity index (χ3n) is 3.57. The quantitative estimate of drug-likeness (QED) is 0.862. The van der Waals surface area contributed by atoms with Crippen LogP contribution in [-0.4, -0.2) is 27.4 Å². The van der Waals surface area contributed by atoms with E-state index in [0.717, 1.165) is 16.7 Å². The Morgan fingerprint density at radius 1 is 1.20 bits per heavy atom. The zero-order chi connectivity index (χ0) is 18.0. The maximum absolute atomic E-state index is 12.5. The van der Waals surface area contributed by atoms with Crippen molar-refractivity contribution in [1.29, 1.82) is 0 Å². The first kappa shape index (κ1) is 17.3. The summed E-state index contributed by atoms with van der Waals surface area (Å²) in [6, 6.07) is 12.8. The number of thioether (sulfide) groups is 1. The van der Waals surface area contributed by atoms with Crippen molar-refractivity contribution in [3.05, 3.63) is 64.7 Å². The van der Waals surface area contributed by atoms with Gasteiger partial charge in [0.15, 0.2) is 5.37 Å². The van der Waals surface area contributed by atoms with Gasteiger partial charge in [0, 0.05) is 10.7 Å². The minimum absolute atomic E-state index is 0.0000808. The van der Waals surface area contributed by atoms with Crippen molar-refractivity contribution >= 4 is 46.2 Å². The molecular formula is C17H12ClN2O4S-. The van der Waals surface area contributed by atoms with Gasteiger partial charge in [0.1, 0.15) is 0 Å². The largest absolute Gasteiger partial charge is 0.545 e. The Labute approximate surface area is 152 Å². The van der Waals surface area contributed by atoms with Crippen LogP contribution in [0.1, 0.15) is 15.9 Å². The summed E-state index contributed by atoms with van der Waals surface area (Å²) in [4.78, 5) is 36.6. The molecule has 2 aromatic rings. The molecule has 1 aliphatic heterocycles. The van der Waals surface area contributed by atoms with Crippen LogP contribution in [0, 0.1) is 0 Å². The lowest BCUT2D eigenvalue weighted by Gasteiger charge is -2.15. The summed E-state index contributed by atoms with van der Waals surface area (Å²) in [7, 11) is 0. The van der Waals surface area contributed by atoms with Gasteiger partial charge in [-0.05, 0) is 53.2 Å². The molecule has 1 heterocycles. The molecule has 1 aliphatic rings. The highest BCUT2D eigenvalue weighted by atomic mass is 35.5. The van der Waals surface area contributed by atoms with Gasteiger partial charge in [0.25, 0.3) is 11.1 Å². The molecule has 0 bridgehead atoms. The number of halogens is 1. The number of benzene rings is 2. The summed E-state index contributed by atoms with van der Waals surface area (Å²) in [6.45, 7) is 0.00455. The molecule has 8 heteroatoms. The minimum Gasteiger partial charge on any atom is -0.545 e. The Morgan fingerprint density at radius 3 is 2.60 bits per heavy atom. The van der Waals surface area contributed by atoms with Gasteiger partial charge in [-0.25, -0.2) is 0 Å². The van der Waals surface area contributed by atoms with Gasteiger partial charge in [-0.2, -0.15) is 0 Å². The fraction of sp³-hybridized carbons (Fsp3) is 0.118. The molecule has 0 saturated carbocycles. The Hall–Kier alpha value is -2.51. The van der Waals surface area contributed by atoms with Gasteiger partial charge in [-0.15, -0.1) is 0 Å². The van der Waals surface area contributed by atoms with E-state index >= 15 is 0 Å². The van der Waals surface area contributed by atoms with Crippen LogP contribution in [0.4, 0.5) is 10.5 Å². The van der Waals surface area contributed by atoms with Crippen LogP contribution < -0.4 is 10.4 Å². The number of carbonyl (C=O) groups excluding carboxylic acids is 3. The smallest absolute Gasteiger partial charge is 0.291 e. The minimum atomic E-state index is -1.31. The molecule has 0 spiro atoms. The lowest BCUT2D eigenvalue weighted by Crippen LogP contribution is -2.34. The highest BCUT2D eigenvalue weighted by Gasteiger charge is 2.39. The molecule has 25 heavy (non-hydrogen) atoms. The summed E-state index contributed by atoms with van der Waals surface area (Å²) in [6.07, 6.45) is 0. The fourth-order valence-electron chi connectivity index (χ4n) is 2.36. The third kappa shape index (κ3) is 3.94. The van der Waals surface area contributed by atoms with Crippen molar-refractivity contribution in [3.8, 4) is 0 Å². The first-order chi connectivity index (χ1) is 11.9. The van der Waals surface area contributed by atoms with E-state index < -0.39 is 16.6 Å². The number of hydrogen-bond donors (Lipinski definition) is 1. The number of nitrogens with one attached hydrogen (secondary N) is 1. The molecule has 2 amide bonds. The lowest BCUT2D eigenvalue weighted by atomic mass is 10.1. The van der Waals surface area contributed by atoms with E-state index in [1.54, 1.807) is 36.4 Å². The van der Waals surface area contributed by atoms with Gasteiger partial charge in [-0.1, -0.05) is 29.8 Å². The standard InChI is InChI=1S/C17H13ClN2O4S/c18-12-4-6-13(7-5-12)19-14-15(21)20(17(24)25-14)9-10-2-1-3-11(8-10)16(22)23/h1-8,14,19H,9H2,(H,22,23)/p-1/t14-/m0/s1. The number of carbonyl (C=O) groups is 3. The van der Waals surface area contributed by atoms with E-state index in [9.17, 15) is 19.5 Å². The average Bonchev–Trinajstić information content (AvgIpc) is 2.85. The number of hydrogen-bond acceptors (Lipinski definition) is 6. The second-order valence-electron chi connectivity index (χ2n) is 5.33. The third-order valence-corrected chi connectivity index (χ3v) is 4.80. The SMILES string of the molecule is O=C([O-])c1cccc(CN2C(=O)S[C@H](Nc3ccc(Cl)cc3)C2=O)c1. The van der Waals surface area contributed by atoms with Crippen LogP contribution >= 0.6 is 23.4 Å². The second kappa shape index (κ2) is 7.16. The molecule has 1 saturated heterocycles. The van der Waals surface area contributed by atoms with E-state index in [1.165, 1.54) is 12.1 Å². The first-order valence-corrected chi connectivity index (χ1v) is 8.54. The maximum atomic E-state index is 12.5. The summed E-state index contributed by atoms with van der Waals surface area (Å²) in [5, 5.41) is 13.3. The van der Waals surface area contributed by atoms with Crippen LogP contribution in [0.15, 0.2) is 48.5 Å². The maximum Gasteiger partial charge on any atom is 0.291 e. The molecule has 1 fully saturated rings. The number of aromatic carboxylic acids is 1. The zero-order valence-electron chi connectivity index (χ0n) is 12.8. The molecule has 1 atom stereocenters. The fourth-order valence-corrected chi connectivity index (χ4v) is 3.39. The molecule has 2 aromatic carbocycles. The number of carboxylic acid groups (broad SMARTS) is 1.